The van der Waals surface area contributed by atoms with Gasteiger partial charge in [-0.25, -0.2) is 0 Å². The molecule has 2 rings (SSSR count). The molecule has 1 aliphatic heterocycles. The molecule has 16 heavy (non-hydrogen) atoms. The summed E-state index contributed by atoms with van der Waals surface area (Å²) in [4.78, 5) is 13.7. The van der Waals surface area contributed by atoms with Crippen molar-refractivity contribution in [3.8, 4) is 0 Å². The number of hydrogen-bond donors (Lipinski definition) is 1. The first kappa shape index (κ1) is 11.2. The number of amides is 1. The summed E-state index contributed by atoms with van der Waals surface area (Å²) in [5.74, 6) is 0.731. The predicted octanol–water partition coefficient (Wildman–Crippen LogP) is 1.24. The van der Waals surface area contributed by atoms with Crippen molar-refractivity contribution in [3.05, 3.63) is 24.2 Å². The molecule has 1 amide bonds. The molecule has 0 radical (unpaired) electrons. The van der Waals surface area contributed by atoms with E-state index in [2.05, 4.69) is 5.32 Å². The van der Waals surface area contributed by atoms with Crippen LogP contribution in [-0.4, -0.2) is 30.9 Å². The van der Waals surface area contributed by atoms with Crippen molar-refractivity contribution < 1.29 is 9.21 Å². The molecule has 1 aliphatic rings. The first-order chi connectivity index (χ1) is 7.75. The van der Waals surface area contributed by atoms with Crippen molar-refractivity contribution in [3.63, 3.8) is 0 Å². The van der Waals surface area contributed by atoms with Gasteiger partial charge in [-0.05, 0) is 31.5 Å². The highest BCUT2D eigenvalue weighted by atomic mass is 16.3. The largest absolute Gasteiger partial charge is 0.472 e. The Kier molecular flexibility index (Phi) is 3.62. The molecule has 1 aromatic rings. The van der Waals surface area contributed by atoms with E-state index in [0.29, 0.717) is 18.9 Å². The first-order valence-corrected chi connectivity index (χ1v) is 5.71. The molecule has 2 heterocycles. The Morgan fingerprint density at radius 2 is 2.56 bits per heavy atom. The van der Waals surface area contributed by atoms with E-state index in [4.69, 9.17) is 4.42 Å². The summed E-state index contributed by atoms with van der Waals surface area (Å²) in [6, 6.07) is 1.89. The number of carbonyl (C=O) groups is 1. The lowest BCUT2D eigenvalue weighted by Gasteiger charge is -2.18. The van der Waals surface area contributed by atoms with E-state index >= 15 is 0 Å². The quantitative estimate of drug-likeness (QED) is 0.833. The van der Waals surface area contributed by atoms with Crippen molar-refractivity contribution in [2.75, 3.05) is 20.1 Å². The van der Waals surface area contributed by atoms with E-state index in [0.717, 1.165) is 25.1 Å². The number of rotatable bonds is 4. The minimum Gasteiger partial charge on any atom is -0.472 e. The van der Waals surface area contributed by atoms with Gasteiger partial charge in [-0.3, -0.25) is 4.79 Å². The second-order valence-corrected chi connectivity index (χ2v) is 4.44. The van der Waals surface area contributed by atoms with Crippen LogP contribution in [0.25, 0.3) is 0 Å². The summed E-state index contributed by atoms with van der Waals surface area (Å²) in [6.07, 6.45) is 5.09. The zero-order chi connectivity index (χ0) is 11.4. The van der Waals surface area contributed by atoms with Crippen LogP contribution < -0.4 is 5.32 Å². The van der Waals surface area contributed by atoms with Crippen LogP contribution in [0.1, 0.15) is 18.4 Å². The van der Waals surface area contributed by atoms with E-state index in [1.807, 2.05) is 13.1 Å². The van der Waals surface area contributed by atoms with Gasteiger partial charge in [-0.2, -0.15) is 0 Å². The number of nitrogens with zero attached hydrogens (tertiary/aromatic N) is 1. The minimum absolute atomic E-state index is 0.218. The lowest BCUT2D eigenvalue weighted by atomic mass is 10.0. The van der Waals surface area contributed by atoms with Crippen molar-refractivity contribution in [2.24, 2.45) is 5.92 Å². The summed E-state index contributed by atoms with van der Waals surface area (Å²) >= 11 is 0. The Morgan fingerprint density at radius 3 is 3.19 bits per heavy atom. The second-order valence-electron chi connectivity index (χ2n) is 4.44. The van der Waals surface area contributed by atoms with E-state index in [-0.39, 0.29) is 5.91 Å². The smallest absolute Gasteiger partial charge is 0.222 e. The van der Waals surface area contributed by atoms with E-state index < -0.39 is 0 Å². The van der Waals surface area contributed by atoms with Crippen molar-refractivity contribution in [1.29, 1.82) is 0 Å². The normalized spacial score (nSPS) is 19.9. The van der Waals surface area contributed by atoms with Gasteiger partial charge in [0.2, 0.25) is 5.91 Å². The Balaban J connectivity index is 1.79. The third kappa shape index (κ3) is 2.85. The fourth-order valence-corrected chi connectivity index (χ4v) is 2.04. The van der Waals surface area contributed by atoms with Crippen LogP contribution in [0.4, 0.5) is 0 Å². The molecule has 0 spiro atoms. The maximum atomic E-state index is 11.9. The molecule has 88 valence electrons. The fourth-order valence-electron chi connectivity index (χ4n) is 2.04. The monoisotopic (exact) mass is 222 g/mol. The van der Waals surface area contributed by atoms with Crippen LogP contribution in [0, 0.1) is 5.92 Å². The fraction of sp³-hybridized carbons (Fsp3) is 0.583. The zero-order valence-electron chi connectivity index (χ0n) is 9.61. The molecule has 1 fully saturated rings. The third-order valence-corrected chi connectivity index (χ3v) is 3.05. The average molecular weight is 222 g/mol. The van der Waals surface area contributed by atoms with Crippen LogP contribution in [0.3, 0.4) is 0 Å². The van der Waals surface area contributed by atoms with Crippen LogP contribution in [-0.2, 0) is 11.3 Å². The molecule has 1 unspecified atom stereocenters. The summed E-state index contributed by atoms with van der Waals surface area (Å²) in [6.45, 7) is 2.66. The molecule has 1 atom stereocenters. The molecule has 0 bridgehead atoms. The third-order valence-electron chi connectivity index (χ3n) is 3.05. The summed E-state index contributed by atoms with van der Waals surface area (Å²) in [7, 11) is 1.84. The van der Waals surface area contributed by atoms with Crippen LogP contribution in [0.2, 0.25) is 0 Å². The summed E-state index contributed by atoms with van der Waals surface area (Å²) in [5, 5.41) is 3.28. The Hall–Kier alpha value is -1.29. The summed E-state index contributed by atoms with van der Waals surface area (Å²) < 4.78 is 4.98. The molecular formula is C12H18N2O2. The molecule has 1 saturated heterocycles. The molecule has 4 heteroatoms. The number of furan rings is 1. The van der Waals surface area contributed by atoms with Gasteiger partial charge in [0.25, 0.3) is 0 Å². The summed E-state index contributed by atoms with van der Waals surface area (Å²) in [5.41, 5.74) is 1.04. The van der Waals surface area contributed by atoms with E-state index in [9.17, 15) is 4.79 Å². The van der Waals surface area contributed by atoms with E-state index in [1.165, 1.54) is 0 Å². The molecule has 0 saturated carbocycles. The van der Waals surface area contributed by atoms with Crippen LogP contribution in [0.5, 0.6) is 0 Å². The predicted molar refractivity (Wildman–Crippen MR) is 60.8 cm³/mol. The van der Waals surface area contributed by atoms with Gasteiger partial charge < -0.3 is 14.6 Å². The lowest BCUT2D eigenvalue weighted by molar-refractivity contribution is -0.131. The molecular weight excluding hydrogens is 204 g/mol. The molecule has 0 aromatic carbocycles. The molecule has 0 aliphatic carbocycles. The Bertz CT molecular complexity index is 329. The van der Waals surface area contributed by atoms with Gasteiger partial charge in [0, 0.05) is 25.6 Å². The molecule has 4 nitrogen and oxygen atoms in total. The van der Waals surface area contributed by atoms with Gasteiger partial charge in [0.15, 0.2) is 0 Å². The van der Waals surface area contributed by atoms with Crippen molar-refractivity contribution in [1.82, 2.24) is 10.2 Å². The van der Waals surface area contributed by atoms with Crippen molar-refractivity contribution in [2.45, 2.75) is 19.4 Å². The second kappa shape index (κ2) is 5.16. The number of nitrogens with one attached hydrogen (secondary N) is 1. The molecule has 1 aromatic heterocycles. The minimum atomic E-state index is 0.218. The van der Waals surface area contributed by atoms with Crippen molar-refractivity contribution >= 4 is 5.91 Å². The van der Waals surface area contributed by atoms with Gasteiger partial charge in [0.05, 0.1) is 12.5 Å². The van der Waals surface area contributed by atoms with Gasteiger partial charge in [-0.15, -0.1) is 0 Å². The Morgan fingerprint density at radius 1 is 1.69 bits per heavy atom. The Labute approximate surface area is 95.6 Å². The number of hydrogen-bond acceptors (Lipinski definition) is 3. The molecule has 1 N–H and O–H groups in total. The maximum absolute atomic E-state index is 11.9. The number of carbonyl (C=O) groups excluding carboxylic acids is 1. The zero-order valence-corrected chi connectivity index (χ0v) is 9.61. The van der Waals surface area contributed by atoms with Crippen LogP contribution in [0.15, 0.2) is 23.0 Å². The van der Waals surface area contributed by atoms with E-state index in [1.54, 1.807) is 17.4 Å². The van der Waals surface area contributed by atoms with Gasteiger partial charge in [0.1, 0.15) is 0 Å². The SMILES string of the molecule is CN(Cc1ccoc1)C(=O)CC1CCNC1. The van der Waals surface area contributed by atoms with Crippen LogP contribution >= 0.6 is 0 Å². The lowest BCUT2D eigenvalue weighted by Crippen LogP contribution is -2.28. The maximum Gasteiger partial charge on any atom is 0.222 e. The van der Waals surface area contributed by atoms with Gasteiger partial charge >= 0.3 is 0 Å². The highest BCUT2D eigenvalue weighted by molar-refractivity contribution is 5.76. The standard InChI is InChI=1S/C12H18N2O2/c1-14(8-11-3-5-16-9-11)12(15)6-10-2-4-13-7-10/h3,5,9-10,13H,2,4,6-8H2,1H3. The highest BCUT2D eigenvalue weighted by Crippen LogP contribution is 2.14. The first-order valence-electron chi connectivity index (χ1n) is 5.71. The van der Waals surface area contributed by atoms with Gasteiger partial charge in [-0.1, -0.05) is 0 Å². The topological polar surface area (TPSA) is 45.5 Å². The average Bonchev–Trinajstić information content (AvgIpc) is 2.90. The highest BCUT2D eigenvalue weighted by Gasteiger charge is 2.20.